The zero-order valence-electron chi connectivity index (χ0n) is 7.54. The zero-order chi connectivity index (χ0) is 11.4. The van der Waals surface area contributed by atoms with Gasteiger partial charge < -0.3 is 0 Å². The van der Waals surface area contributed by atoms with Crippen molar-refractivity contribution in [1.29, 1.82) is 0 Å². The van der Waals surface area contributed by atoms with Crippen LogP contribution in [0, 0.1) is 0 Å². The lowest BCUT2D eigenvalue weighted by Crippen LogP contribution is -2.09. The summed E-state index contributed by atoms with van der Waals surface area (Å²) in [7, 11) is 0. The Hall–Kier alpha value is -0.570. The second-order valence-electron chi connectivity index (χ2n) is 2.97. The Labute approximate surface area is 102 Å². The normalized spacial score (nSPS) is 12.2. The molecule has 0 fully saturated rings. The van der Waals surface area contributed by atoms with E-state index >= 15 is 0 Å². The summed E-state index contributed by atoms with van der Waals surface area (Å²) in [6.07, 6.45) is -0.121. The summed E-state index contributed by atoms with van der Waals surface area (Å²) in [4.78, 5) is 21.8. The van der Waals surface area contributed by atoms with Gasteiger partial charge in [-0.05, 0) is 40.9 Å². The Morgan fingerprint density at radius 1 is 1.27 bits per heavy atom. The van der Waals surface area contributed by atoms with E-state index < -0.39 is 16.4 Å². The lowest BCUT2D eigenvalue weighted by molar-refractivity contribution is -0.117. The predicted molar refractivity (Wildman–Crippen MR) is 60.5 cm³/mol. The van der Waals surface area contributed by atoms with Crippen molar-refractivity contribution in [3.63, 3.8) is 0 Å². The van der Waals surface area contributed by atoms with Crippen LogP contribution in [0.4, 0.5) is 0 Å². The molecular formula is C10H7Cl3O2. The maximum atomic E-state index is 11.1. The van der Waals surface area contributed by atoms with Crippen molar-refractivity contribution in [2.45, 2.75) is 12.3 Å². The molecule has 0 aromatic heterocycles. The van der Waals surface area contributed by atoms with Crippen LogP contribution in [-0.4, -0.2) is 10.5 Å². The highest BCUT2D eigenvalue weighted by Crippen LogP contribution is 2.25. The van der Waals surface area contributed by atoms with Crippen LogP contribution in [0.2, 0.25) is 5.02 Å². The van der Waals surface area contributed by atoms with Crippen molar-refractivity contribution in [3.8, 4) is 0 Å². The Balaban J connectivity index is 2.98. The SMILES string of the molecule is O=C(Cl)CC(C(=O)Cl)c1cccc(Cl)c1. The van der Waals surface area contributed by atoms with Gasteiger partial charge in [0.05, 0.1) is 5.92 Å². The summed E-state index contributed by atoms with van der Waals surface area (Å²) in [5.74, 6) is -0.727. The molecule has 0 aliphatic carbocycles. The van der Waals surface area contributed by atoms with E-state index in [1.165, 1.54) is 0 Å². The lowest BCUT2D eigenvalue weighted by atomic mass is 9.98. The molecule has 15 heavy (non-hydrogen) atoms. The highest BCUT2D eigenvalue weighted by atomic mass is 35.5. The second-order valence-corrected chi connectivity index (χ2v) is 4.20. The highest BCUT2D eigenvalue weighted by molar-refractivity contribution is 6.67. The van der Waals surface area contributed by atoms with Crippen molar-refractivity contribution in [2.75, 3.05) is 0 Å². The third kappa shape index (κ3) is 3.82. The molecule has 0 aliphatic heterocycles. The molecule has 0 radical (unpaired) electrons. The molecule has 2 nitrogen and oxygen atoms in total. The van der Waals surface area contributed by atoms with E-state index in [-0.39, 0.29) is 6.42 Å². The minimum atomic E-state index is -0.727. The van der Waals surface area contributed by atoms with E-state index in [0.29, 0.717) is 10.6 Å². The summed E-state index contributed by atoms with van der Waals surface area (Å²) in [6.45, 7) is 0. The molecule has 0 bridgehead atoms. The molecule has 0 aliphatic rings. The third-order valence-corrected chi connectivity index (χ3v) is 2.54. The van der Waals surface area contributed by atoms with Gasteiger partial charge in [0.15, 0.2) is 0 Å². The molecule has 1 atom stereocenters. The number of rotatable bonds is 4. The first-order valence-corrected chi connectivity index (χ1v) is 5.27. The minimum Gasteiger partial charge on any atom is -0.281 e. The minimum absolute atomic E-state index is 0.121. The first-order chi connectivity index (χ1) is 7.00. The van der Waals surface area contributed by atoms with Gasteiger partial charge in [0.1, 0.15) is 0 Å². The van der Waals surface area contributed by atoms with Gasteiger partial charge in [-0.1, -0.05) is 23.7 Å². The van der Waals surface area contributed by atoms with Crippen LogP contribution in [0.3, 0.4) is 0 Å². The van der Waals surface area contributed by atoms with Crippen molar-refractivity contribution >= 4 is 45.3 Å². The standard InChI is InChI=1S/C10H7Cl3O2/c11-7-3-1-2-6(4-7)8(10(13)15)5-9(12)14/h1-4,8H,5H2. The molecule has 1 aromatic carbocycles. The van der Waals surface area contributed by atoms with E-state index in [1.807, 2.05) is 0 Å². The zero-order valence-corrected chi connectivity index (χ0v) is 9.81. The average molecular weight is 266 g/mol. The molecule has 1 unspecified atom stereocenters. The number of halogens is 3. The van der Waals surface area contributed by atoms with Gasteiger partial charge in [-0.25, -0.2) is 0 Å². The van der Waals surface area contributed by atoms with E-state index in [4.69, 9.17) is 34.8 Å². The summed E-state index contributed by atoms with van der Waals surface area (Å²) in [5.41, 5.74) is 0.594. The van der Waals surface area contributed by atoms with Crippen LogP contribution < -0.4 is 0 Å². The highest BCUT2D eigenvalue weighted by Gasteiger charge is 2.21. The van der Waals surface area contributed by atoms with E-state index in [1.54, 1.807) is 24.3 Å². The molecule has 1 aromatic rings. The second kappa shape index (κ2) is 5.50. The van der Waals surface area contributed by atoms with Crippen molar-refractivity contribution < 1.29 is 9.59 Å². The van der Waals surface area contributed by atoms with E-state index in [2.05, 4.69) is 0 Å². The lowest BCUT2D eigenvalue weighted by Gasteiger charge is -2.10. The largest absolute Gasteiger partial charge is 0.281 e. The van der Waals surface area contributed by atoms with Crippen LogP contribution in [0.15, 0.2) is 24.3 Å². The fraction of sp³-hybridized carbons (Fsp3) is 0.200. The van der Waals surface area contributed by atoms with Gasteiger partial charge in [-0.3, -0.25) is 9.59 Å². The average Bonchev–Trinajstić information content (AvgIpc) is 2.13. The number of carbonyl (C=O) groups excluding carboxylic acids is 2. The van der Waals surface area contributed by atoms with Crippen molar-refractivity contribution in [3.05, 3.63) is 34.9 Å². The number of carbonyl (C=O) groups is 2. The monoisotopic (exact) mass is 264 g/mol. The first kappa shape index (κ1) is 12.5. The van der Waals surface area contributed by atoms with Gasteiger partial charge >= 0.3 is 0 Å². The fourth-order valence-corrected chi connectivity index (χ4v) is 1.77. The Bertz CT molecular complexity index is 390. The van der Waals surface area contributed by atoms with Gasteiger partial charge in [0.25, 0.3) is 0 Å². The molecule has 0 saturated heterocycles. The molecular weight excluding hydrogens is 258 g/mol. The van der Waals surface area contributed by atoms with Crippen LogP contribution in [0.25, 0.3) is 0 Å². The maximum Gasteiger partial charge on any atom is 0.229 e. The summed E-state index contributed by atoms with van der Waals surface area (Å²) in [6, 6.07) is 6.62. The fourth-order valence-electron chi connectivity index (χ4n) is 1.21. The molecule has 0 saturated carbocycles. The molecule has 0 amide bonds. The molecule has 0 N–H and O–H groups in total. The number of benzene rings is 1. The first-order valence-electron chi connectivity index (χ1n) is 4.14. The smallest absolute Gasteiger partial charge is 0.229 e. The van der Waals surface area contributed by atoms with Gasteiger partial charge in [0.2, 0.25) is 10.5 Å². The molecule has 80 valence electrons. The van der Waals surface area contributed by atoms with Gasteiger partial charge in [-0.2, -0.15) is 0 Å². The Morgan fingerprint density at radius 3 is 2.40 bits per heavy atom. The molecule has 1 rings (SSSR count). The quantitative estimate of drug-likeness (QED) is 0.783. The van der Waals surface area contributed by atoms with Gasteiger partial charge in [0, 0.05) is 11.4 Å². The number of hydrogen-bond donors (Lipinski definition) is 0. The van der Waals surface area contributed by atoms with Crippen LogP contribution in [0.1, 0.15) is 17.9 Å². The Kier molecular flexibility index (Phi) is 4.58. The van der Waals surface area contributed by atoms with Crippen LogP contribution in [-0.2, 0) is 9.59 Å². The van der Waals surface area contributed by atoms with Crippen molar-refractivity contribution in [1.82, 2.24) is 0 Å². The van der Waals surface area contributed by atoms with Crippen molar-refractivity contribution in [2.24, 2.45) is 0 Å². The predicted octanol–water partition coefficient (Wildman–Crippen LogP) is 3.34. The van der Waals surface area contributed by atoms with Crippen LogP contribution >= 0.6 is 34.8 Å². The van der Waals surface area contributed by atoms with Crippen LogP contribution in [0.5, 0.6) is 0 Å². The molecule has 0 spiro atoms. The Morgan fingerprint density at radius 2 is 1.93 bits per heavy atom. The molecule has 5 heteroatoms. The third-order valence-electron chi connectivity index (χ3n) is 1.89. The number of hydrogen-bond acceptors (Lipinski definition) is 2. The maximum absolute atomic E-state index is 11.1. The summed E-state index contributed by atoms with van der Waals surface area (Å²) >= 11 is 16.4. The van der Waals surface area contributed by atoms with E-state index in [9.17, 15) is 9.59 Å². The van der Waals surface area contributed by atoms with Gasteiger partial charge in [-0.15, -0.1) is 0 Å². The topological polar surface area (TPSA) is 34.1 Å². The van der Waals surface area contributed by atoms with E-state index in [0.717, 1.165) is 0 Å². The summed E-state index contributed by atoms with van der Waals surface area (Å²) < 4.78 is 0. The summed E-state index contributed by atoms with van der Waals surface area (Å²) in [5, 5.41) is -0.738. The molecule has 0 heterocycles.